The highest BCUT2D eigenvalue weighted by Gasteiger charge is 2.27. The summed E-state index contributed by atoms with van der Waals surface area (Å²) in [7, 11) is 2.08. The predicted molar refractivity (Wildman–Crippen MR) is 72.6 cm³/mol. The van der Waals surface area contributed by atoms with Crippen LogP contribution in [0.4, 0.5) is 0 Å². The SMILES string of the molecule is Cc1cccc(CN(C)Cc2cc(C3CC3)on2)n1. The molecule has 100 valence electrons. The third kappa shape index (κ3) is 3.20. The summed E-state index contributed by atoms with van der Waals surface area (Å²) in [5.41, 5.74) is 3.16. The van der Waals surface area contributed by atoms with Crippen molar-refractivity contribution in [1.29, 1.82) is 0 Å². The summed E-state index contributed by atoms with van der Waals surface area (Å²) in [4.78, 5) is 6.72. The Morgan fingerprint density at radius 1 is 1.26 bits per heavy atom. The first kappa shape index (κ1) is 12.4. The van der Waals surface area contributed by atoms with Gasteiger partial charge in [0.15, 0.2) is 0 Å². The van der Waals surface area contributed by atoms with Gasteiger partial charge >= 0.3 is 0 Å². The van der Waals surface area contributed by atoms with Crippen LogP contribution >= 0.6 is 0 Å². The van der Waals surface area contributed by atoms with Crippen molar-refractivity contribution in [3.05, 3.63) is 47.1 Å². The summed E-state index contributed by atoms with van der Waals surface area (Å²) < 4.78 is 5.37. The molecule has 2 heterocycles. The molecule has 0 aromatic carbocycles. The molecule has 4 nitrogen and oxygen atoms in total. The lowest BCUT2D eigenvalue weighted by atomic mass is 10.2. The fraction of sp³-hybridized carbons (Fsp3) is 0.467. The van der Waals surface area contributed by atoms with E-state index in [1.165, 1.54) is 12.8 Å². The molecule has 0 bridgehead atoms. The van der Waals surface area contributed by atoms with Crippen LogP contribution in [0.5, 0.6) is 0 Å². The average molecular weight is 257 g/mol. The van der Waals surface area contributed by atoms with E-state index in [4.69, 9.17) is 4.52 Å². The number of pyridine rings is 1. The van der Waals surface area contributed by atoms with Crippen molar-refractivity contribution in [3.63, 3.8) is 0 Å². The van der Waals surface area contributed by atoms with Crippen LogP contribution in [0.15, 0.2) is 28.8 Å². The maximum Gasteiger partial charge on any atom is 0.140 e. The molecule has 0 saturated heterocycles. The molecule has 2 aromatic rings. The smallest absolute Gasteiger partial charge is 0.140 e. The number of hydrogen-bond acceptors (Lipinski definition) is 4. The van der Waals surface area contributed by atoms with Gasteiger partial charge in [-0.3, -0.25) is 9.88 Å². The fourth-order valence-electron chi connectivity index (χ4n) is 2.26. The number of aryl methyl sites for hydroxylation is 1. The molecule has 0 atom stereocenters. The third-order valence-electron chi connectivity index (χ3n) is 3.37. The van der Waals surface area contributed by atoms with E-state index in [1.807, 2.05) is 19.1 Å². The molecule has 1 saturated carbocycles. The zero-order chi connectivity index (χ0) is 13.2. The maximum absolute atomic E-state index is 5.37. The highest BCUT2D eigenvalue weighted by Crippen LogP contribution is 2.40. The highest BCUT2D eigenvalue weighted by molar-refractivity contribution is 5.15. The fourth-order valence-corrected chi connectivity index (χ4v) is 2.26. The number of rotatable bonds is 5. The standard InChI is InChI=1S/C15H19N3O/c1-11-4-3-5-13(16-11)9-18(2)10-14-8-15(19-17-14)12-6-7-12/h3-5,8,12H,6-7,9-10H2,1-2H3. The van der Waals surface area contributed by atoms with Gasteiger partial charge in [-0.05, 0) is 38.9 Å². The van der Waals surface area contributed by atoms with Crippen LogP contribution in [0.1, 0.15) is 41.6 Å². The van der Waals surface area contributed by atoms with E-state index in [0.717, 1.165) is 35.9 Å². The van der Waals surface area contributed by atoms with Gasteiger partial charge in [0.2, 0.25) is 0 Å². The molecule has 0 radical (unpaired) electrons. The van der Waals surface area contributed by atoms with E-state index in [1.54, 1.807) is 0 Å². The van der Waals surface area contributed by atoms with Gasteiger partial charge in [0, 0.05) is 30.8 Å². The van der Waals surface area contributed by atoms with Gasteiger partial charge in [0.05, 0.1) is 11.4 Å². The van der Waals surface area contributed by atoms with Crippen molar-refractivity contribution >= 4 is 0 Å². The van der Waals surface area contributed by atoms with E-state index in [9.17, 15) is 0 Å². The molecule has 19 heavy (non-hydrogen) atoms. The topological polar surface area (TPSA) is 42.2 Å². The van der Waals surface area contributed by atoms with Gasteiger partial charge in [-0.15, -0.1) is 0 Å². The van der Waals surface area contributed by atoms with Crippen molar-refractivity contribution in [2.24, 2.45) is 0 Å². The molecule has 1 aliphatic rings. The molecule has 0 amide bonds. The number of aromatic nitrogens is 2. The van der Waals surface area contributed by atoms with Gasteiger partial charge in [-0.2, -0.15) is 0 Å². The van der Waals surface area contributed by atoms with Crippen LogP contribution in [-0.2, 0) is 13.1 Å². The monoisotopic (exact) mass is 257 g/mol. The largest absolute Gasteiger partial charge is 0.361 e. The molecule has 0 N–H and O–H groups in total. The zero-order valence-electron chi connectivity index (χ0n) is 11.5. The van der Waals surface area contributed by atoms with E-state index < -0.39 is 0 Å². The van der Waals surface area contributed by atoms with Gasteiger partial charge in [0.1, 0.15) is 5.76 Å². The lowest BCUT2D eigenvalue weighted by Gasteiger charge is -2.14. The Kier molecular flexibility index (Phi) is 3.34. The normalized spacial score (nSPS) is 15.1. The van der Waals surface area contributed by atoms with Crippen molar-refractivity contribution in [2.75, 3.05) is 7.05 Å². The van der Waals surface area contributed by atoms with Gasteiger partial charge < -0.3 is 4.52 Å². The molecule has 0 unspecified atom stereocenters. The van der Waals surface area contributed by atoms with Crippen LogP contribution in [0.25, 0.3) is 0 Å². The molecule has 0 aliphatic heterocycles. The second kappa shape index (κ2) is 5.13. The lowest BCUT2D eigenvalue weighted by Crippen LogP contribution is -2.18. The quantitative estimate of drug-likeness (QED) is 0.826. The average Bonchev–Trinajstić information content (AvgIpc) is 3.11. The molecule has 0 spiro atoms. The van der Waals surface area contributed by atoms with E-state index in [-0.39, 0.29) is 0 Å². The molecule has 1 fully saturated rings. The van der Waals surface area contributed by atoms with E-state index in [0.29, 0.717) is 5.92 Å². The van der Waals surface area contributed by atoms with Crippen molar-refractivity contribution in [3.8, 4) is 0 Å². The van der Waals surface area contributed by atoms with Gasteiger partial charge in [0.25, 0.3) is 0 Å². The Morgan fingerprint density at radius 3 is 2.79 bits per heavy atom. The second-order valence-electron chi connectivity index (χ2n) is 5.44. The van der Waals surface area contributed by atoms with Crippen LogP contribution < -0.4 is 0 Å². The predicted octanol–water partition coefficient (Wildman–Crippen LogP) is 2.89. The number of nitrogens with zero attached hydrogens (tertiary/aromatic N) is 3. The Morgan fingerprint density at radius 2 is 2.05 bits per heavy atom. The van der Waals surface area contributed by atoms with Crippen LogP contribution in [0, 0.1) is 6.92 Å². The highest BCUT2D eigenvalue weighted by atomic mass is 16.5. The minimum Gasteiger partial charge on any atom is -0.361 e. The van der Waals surface area contributed by atoms with Crippen molar-refractivity contribution in [2.45, 2.75) is 38.8 Å². The van der Waals surface area contributed by atoms with Crippen LogP contribution in [0.2, 0.25) is 0 Å². The van der Waals surface area contributed by atoms with Crippen molar-refractivity contribution < 1.29 is 4.52 Å². The zero-order valence-corrected chi connectivity index (χ0v) is 11.5. The molecule has 1 aliphatic carbocycles. The molecular weight excluding hydrogens is 238 g/mol. The lowest BCUT2D eigenvalue weighted by molar-refractivity contribution is 0.297. The number of hydrogen-bond donors (Lipinski definition) is 0. The Bertz CT molecular complexity index is 560. The molecule has 4 heteroatoms. The van der Waals surface area contributed by atoms with Gasteiger partial charge in [-0.25, -0.2) is 0 Å². The summed E-state index contributed by atoms with van der Waals surface area (Å²) in [6.45, 7) is 3.64. The van der Waals surface area contributed by atoms with E-state index in [2.05, 4.69) is 34.2 Å². The van der Waals surface area contributed by atoms with Crippen LogP contribution in [0.3, 0.4) is 0 Å². The maximum atomic E-state index is 5.37. The van der Waals surface area contributed by atoms with E-state index >= 15 is 0 Å². The summed E-state index contributed by atoms with van der Waals surface area (Å²) in [5, 5.41) is 4.14. The summed E-state index contributed by atoms with van der Waals surface area (Å²) in [6, 6.07) is 8.22. The molecule has 3 rings (SSSR count). The Balaban J connectivity index is 1.59. The van der Waals surface area contributed by atoms with Crippen molar-refractivity contribution in [1.82, 2.24) is 15.0 Å². The summed E-state index contributed by atoms with van der Waals surface area (Å²) >= 11 is 0. The van der Waals surface area contributed by atoms with Gasteiger partial charge in [-0.1, -0.05) is 11.2 Å². The Labute approximate surface area is 113 Å². The second-order valence-corrected chi connectivity index (χ2v) is 5.44. The first-order valence-corrected chi connectivity index (χ1v) is 6.77. The summed E-state index contributed by atoms with van der Waals surface area (Å²) in [6.07, 6.45) is 2.50. The molecule has 2 aromatic heterocycles. The summed E-state index contributed by atoms with van der Waals surface area (Å²) in [5.74, 6) is 1.68. The first-order chi connectivity index (χ1) is 9.20. The minimum absolute atomic E-state index is 0.630. The molecular formula is C15H19N3O. The minimum atomic E-state index is 0.630. The third-order valence-corrected chi connectivity index (χ3v) is 3.37. The van der Waals surface area contributed by atoms with Crippen LogP contribution in [-0.4, -0.2) is 22.1 Å². The first-order valence-electron chi connectivity index (χ1n) is 6.77. The Hall–Kier alpha value is -1.68.